The first kappa shape index (κ1) is 22.8. The Labute approximate surface area is 192 Å². The first-order valence-corrected chi connectivity index (χ1v) is 11.9. The number of benzene rings is 2. The first-order valence-electron chi connectivity index (χ1n) is 10.5. The summed E-state index contributed by atoms with van der Waals surface area (Å²) in [7, 11) is -2.19. The van der Waals surface area contributed by atoms with E-state index in [0.29, 0.717) is 11.4 Å². The standard InChI is InChI=1S/C23H25N3O6S/c1-16-23(28)24-20-15-19(8-9-21(20)32-16)33(29,30)26-13-11-25(12-14-26)22(27)10-5-17-3-6-18(31-2)7-4-17/h3-10,15-16H,11-14H2,1-2H3,(H,24,28)/b10-5+. The number of sulfonamides is 1. The van der Waals surface area contributed by atoms with Gasteiger partial charge in [0.2, 0.25) is 15.9 Å². The maximum absolute atomic E-state index is 13.1. The van der Waals surface area contributed by atoms with Crippen LogP contribution in [0.3, 0.4) is 0 Å². The summed E-state index contributed by atoms with van der Waals surface area (Å²) in [6, 6.07) is 11.7. The lowest BCUT2D eigenvalue weighted by molar-refractivity contribution is -0.127. The summed E-state index contributed by atoms with van der Waals surface area (Å²) in [4.78, 5) is 26.1. The van der Waals surface area contributed by atoms with Gasteiger partial charge in [-0.3, -0.25) is 9.59 Å². The summed E-state index contributed by atoms with van der Waals surface area (Å²) < 4.78 is 38.2. The number of hydrogen-bond acceptors (Lipinski definition) is 6. The fraction of sp³-hybridized carbons (Fsp3) is 0.304. The molecule has 1 unspecified atom stereocenters. The van der Waals surface area contributed by atoms with Crippen LogP contribution in [-0.4, -0.2) is 68.8 Å². The molecule has 0 spiro atoms. The second-order valence-corrected chi connectivity index (χ2v) is 9.68. The van der Waals surface area contributed by atoms with Gasteiger partial charge in [-0.1, -0.05) is 12.1 Å². The van der Waals surface area contributed by atoms with Crippen LogP contribution in [0.4, 0.5) is 5.69 Å². The lowest BCUT2D eigenvalue weighted by Gasteiger charge is -2.33. The Morgan fingerprint density at radius 3 is 2.48 bits per heavy atom. The lowest BCUT2D eigenvalue weighted by atomic mass is 10.2. The predicted molar refractivity (Wildman–Crippen MR) is 123 cm³/mol. The minimum absolute atomic E-state index is 0.0684. The molecule has 0 saturated carbocycles. The Morgan fingerprint density at radius 1 is 1.12 bits per heavy atom. The van der Waals surface area contributed by atoms with E-state index in [1.54, 1.807) is 31.1 Å². The highest BCUT2D eigenvalue weighted by Gasteiger charge is 2.31. The van der Waals surface area contributed by atoms with E-state index in [-0.39, 0.29) is 42.9 Å². The van der Waals surface area contributed by atoms with Crippen molar-refractivity contribution in [3.8, 4) is 11.5 Å². The molecule has 0 radical (unpaired) electrons. The van der Waals surface area contributed by atoms with E-state index >= 15 is 0 Å². The van der Waals surface area contributed by atoms with Gasteiger partial charge in [0.25, 0.3) is 5.91 Å². The number of nitrogens with one attached hydrogen (secondary N) is 1. The van der Waals surface area contributed by atoms with Crippen molar-refractivity contribution in [1.29, 1.82) is 0 Å². The minimum Gasteiger partial charge on any atom is -0.497 e. The molecule has 0 aromatic heterocycles. The fourth-order valence-corrected chi connectivity index (χ4v) is 5.08. The number of carbonyl (C=O) groups is 2. The highest BCUT2D eigenvalue weighted by molar-refractivity contribution is 7.89. The number of piperazine rings is 1. The Kier molecular flexibility index (Phi) is 6.39. The van der Waals surface area contributed by atoms with Gasteiger partial charge in [0.1, 0.15) is 11.5 Å². The zero-order chi connectivity index (χ0) is 23.6. The van der Waals surface area contributed by atoms with Crippen LogP contribution in [0.5, 0.6) is 11.5 Å². The molecule has 10 heteroatoms. The van der Waals surface area contributed by atoms with Crippen LogP contribution in [0.1, 0.15) is 12.5 Å². The molecule has 2 heterocycles. The van der Waals surface area contributed by atoms with Crippen LogP contribution in [0.25, 0.3) is 6.08 Å². The average Bonchev–Trinajstić information content (AvgIpc) is 2.83. The monoisotopic (exact) mass is 471 g/mol. The number of ether oxygens (including phenoxy) is 2. The van der Waals surface area contributed by atoms with Crippen molar-refractivity contribution in [3.05, 3.63) is 54.1 Å². The molecule has 1 N–H and O–H groups in total. The van der Waals surface area contributed by atoms with E-state index in [2.05, 4.69) is 5.32 Å². The molecule has 0 aliphatic carbocycles. The topological polar surface area (TPSA) is 105 Å². The largest absolute Gasteiger partial charge is 0.497 e. The molecule has 2 aromatic carbocycles. The molecule has 1 atom stereocenters. The zero-order valence-electron chi connectivity index (χ0n) is 18.4. The average molecular weight is 472 g/mol. The van der Waals surface area contributed by atoms with E-state index in [4.69, 9.17) is 9.47 Å². The van der Waals surface area contributed by atoms with Gasteiger partial charge >= 0.3 is 0 Å². The normalized spacial score (nSPS) is 19.0. The van der Waals surface area contributed by atoms with E-state index in [1.165, 1.54) is 22.5 Å². The fourth-order valence-electron chi connectivity index (χ4n) is 3.63. The molecule has 9 nitrogen and oxygen atoms in total. The van der Waals surface area contributed by atoms with Crippen LogP contribution in [0, 0.1) is 0 Å². The molecule has 2 aromatic rings. The Hall–Kier alpha value is -3.37. The lowest BCUT2D eigenvalue weighted by Crippen LogP contribution is -2.50. The smallest absolute Gasteiger partial charge is 0.265 e. The second kappa shape index (κ2) is 9.24. The summed E-state index contributed by atoms with van der Waals surface area (Å²) in [6.07, 6.45) is 2.57. The predicted octanol–water partition coefficient (Wildman–Crippen LogP) is 1.96. The van der Waals surface area contributed by atoms with Crippen LogP contribution in [-0.2, 0) is 19.6 Å². The SMILES string of the molecule is COc1ccc(/C=C/C(=O)N2CCN(S(=O)(=O)c3ccc4c(c3)NC(=O)C(C)O4)CC2)cc1. The number of nitrogens with zero attached hydrogens (tertiary/aromatic N) is 2. The van der Waals surface area contributed by atoms with Crippen molar-refractivity contribution in [1.82, 2.24) is 9.21 Å². The van der Waals surface area contributed by atoms with Crippen LogP contribution in [0.15, 0.2) is 53.4 Å². The van der Waals surface area contributed by atoms with Gasteiger partial charge < -0.3 is 19.7 Å². The summed E-state index contributed by atoms with van der Waals surface area (Å²) in [5.74, 6) is 0.664. The van der Waals surface area contributed by atoms with Crippen molar-refractivity contribution in [2.45, 2.75) is 17.9 Å². The Bertz CT molecular complexity index is 1190. The number of amides is 2. The third kappa shape index (κ3) is 4.86. The highest BCUT2D eigenvalue weighted by atomic mass is 32.2. The molecule has 1 fully saturated rings. The molecule has 2 aliphatic rings. The molecule has 174 valence electrons. The van der Waals surface area contributed by atoms with Gasteiger partial charge in [0.05, 0.1) is 17.7 Å². The summed E-state index contributed by atoms with van der Waals surface area (Å²) in [5.41, 5.74) is 1.19. The molecule has 33 heavy (non-hydrogen) atoms. The van der Waals surface area contributed by atoms with E-state index in [9.17, 15) is 18.0 Å². The van der Waals surface area contributed by atoms with Crippen molar-refractivity contribution >= 4 is 33.6 Å². The zero-order valence-corrected chi connectivity index (χ0v) is 19.2. The molecule has 2 aliphatic heterocycles. The van der Waals surface area contributed by atoms with E-state index in [1.807, 2.05) is 24.3 Å². The number of fused-ring (bicyclic) bond motifs is 1. The van der Waals surface area contributed by atoms with Gasteiger partial charge in [-0.25, -0.2) is 8.42 Å². The number of carbonyl (C=O) groups excluding carboxylic acids is 2. The van der Waals surface area contributed by atoms with Gasteiger partial charge in [-0.15, -0.1) is 0 Å². The van der Waals surface area contributed by atoms with Gasteiger partial charge in [-0.05, 0) is 48.9 Å². The molecular weight excluding hydrogens is 446 g/mol. The molecule has 2 amide bonds. The first-order chi connectivity index (χ1) is 15.8. The molecule has 4 rings (SSSR count). The number of anilines is 1. The van der Waals surface area contributed by atoms with Crippen LogP contribution < -0.4 is 14.8 Å². The Balaban J connectivity index is 1.38. The van der Waals surface area contributed by atoms with Crippen molar-refractivity contribution in [2.75, 3.05) is 38.6 Å². The Morgan fingerprint density at radius 2 is 1.82 bits per heavy atom. The van der Waals surface area contributed by atoms with Gasteiger partial charge in [-0.2, -0.15) is 4.31 Å². The van der Waals surface area contributed by atoms with Crippen LogP contribution in [0.2, 0.25) is 0 Å². The number of methoxy groups -OCH3 is 1. The van der Waals surface area contributed by atoms with E-state index < -0.39 is 16.1 Å². The maximum atomic E-state index is 13.1. The van der Waals surface area contributed by atoms with Crippen molar-refractivity contribution in [2.24, 2.45) is 0 Å². The third-order valence-electron chi connectivity index (χ3n) is 5.60. The van der Waals surface area contributed by atoms with Crippen LogP contribution >= 0.6 is 0 Å². The maximum Gasteiger partial charge on any atom is 0.265 e. The molecule has 1 saturated heterocycles. The molecular formula is C23H25N3O6S. The minimum atomic E-state index is -3.78. The summed E-state index contributed by atoms with van der Waals surface area (Å²) in [5, 5.41) is 2.67. The van der Waals surface area contributed by atoms with Gasteiger partial charge in [0, 0.05) is 32.3 Å². The number of rotatable bonds is 5. The van der Waals surface area contributed by atoms with Crippen molar-refractivity contribution in [3.63, 3.8) is 0 Å². The molecule has 0 bridgehead atoms. The number of hydrogen-bond donors (Lipinski definition) is 1. The third-order valence-corrected chi connectivity index (χ3v) is 7.50. The summed E-state index contributed by atoms with van der Waals surface area (Å²) in [6.45, 7) is 2.55. The van der Waals surface area contributed by atoms with Crippen molar-refractivity contribution < 1.29 is 27.5 Å². The van der Waals surface area contributed by atoms with E-state index in [0.717, 1.165) is 11.3 Å². The summed E-state index contributed by atoms with van der Waals surface area (Å²) >= 11 is 0. The van der Waals surface area contributed by atoms with Gasteiger partial charge in [0.15, 0.2) is 6.10 Å². The second-order valence-electron chi connectivity index (χ2n) is 7.74. The highest BCUT2D eigenvalue weighted by Crippen LogP contribution is 2.33. The quantitative estimate of drug-likeness (QED) is 0.669.